The molecule has 1 aromatic rings. The zero-order valence-corrected chi connectivity index (χ0v) is 11.6. The van der Waals surface area contributed by atoms with Crippen LogP contribution in [-0.4, -0.2) is 13.2 Å². The largest absolute Gasteiger partial charge is 0.493 e. The quantitative estimate of drug-likeness (QED) is 0.726. The summed E-state index contributed by atoms with van der Waals surface area (Å²) < 4.78 is 11.5. The summed E-state index contributed by atoms with van der Waals surface area (Å²) in [5.41, 5.74) is 1.32. The third kappa shape index (κ3) is 3.94. The fraction of sp³-hybridized carbons (Fsp3) is 0.625. The minimum absolute atomic E-state index is 0.754. The van der Waals surface area contributed by atoms with Gasteiger partial charge < -0.3 is 9.47 Å². The second-order valence-corrected chi connectivity index (χ2v) is 5.46. The van der Waals surface area contributed by atoms with Crippen molar-refractivity contribution in [2.75, 3.05) is 13.2 Å². The van der Waals surface area contributed by atoms with Gasteiger partial charge in [0.1, 0.15) is 11.5 Å². The molecule has 0 aliphatic carbocycles. The highest BCUT2D eigenvalue weighted by Crippen LogP contribution is 2.28. The molecule has 0 radical (unpaired) electrons. The van der Waals surface area contributed by atoms with Crippen LogP contribution in [0.4, 0.5) is 0 Å². The van der Waals surface area contributed by atoms with Gasteiger partial charge in [-0.15, -0.1) is 0 Å². The van der Waals surface area contributed by atoms with Crippen molar-refractivity contribution < 1.29 is 9.47 Å². The summed E-state index contributed by atoms with van der Waals surface area (Å²) in [7, 11) is 0. The van der Waals surface area contributed by atoms with E-state index in [-0.39, 0.29) is 0 Å². The van der Waals surface area contributed by atoms with E-state index in [1.165, 1.54) is 18.4 Å². The second kappa shape index (κ2) is 6.67. The fourth-order valence-corrected chi connectivity index (χ4v) is 2.25. The SMILES string of the molecule is CC(C)CCCOc1ccc2c(c1)OCCCC2. The first kappa shape index (κ1) is 13.3. The highest BCUT2D eigenvalue weighted by Gasteiger charge is 2.09. The Hall–Kier alpha value is -1.18. The predicted octanol–water partition coefficient (Wildman–Crippen LogP) is 4.22. The average Bonchev–Trinajstić information content (AvgIpc) is 2.59. The van der Waals surface area contributed by atoms with Crippen molar-refractivity contribution in [1.82, 2.24) is 0 Å². The van der Waals surface area contributed by atoms with Crippen molar-refractivity contribution in [2.45, 2.75) is 46.0 Å². The normalized spacial score (nSPS) is 14.8. The molecular weight excluding hydrogens is 224 g/mol. The van der Waals surface area contributed by atoms with E-state index in [9.17, 15) is 0 Å². The van der Waals surface area contributed by atoms with Crippen LogP contribution < -0.4 is 9.47 Å². The summed E-state index contributed by atoms with van der Waals surface area (Å²) in [6.45, 7) is 6.13. The second-order valence-electron chi connectivity index (χ2n) is 5.46. The van der Waals surface area contributed by atoms with Crippen LogP contribution in [0.25, 0.3) is 0 Å². The Morgan fingerprint density at radius 1 is 1.28 bits per heavy atom. The Morgan fingerprint density at radius 2 is 2.17 bits per heavy atom. The van der Waals surface area contributed by atoms with Gasteiger partial charge in [0.25, 0.3) is 0 Å². The van der Waals surface area contributed by atoms with Crippen LogP contribution in [0.2, 0.25) is 0 Å². The number of hydrogen-bond acceptors (Lipinski definition) is 2. The molecule has 2 heteroatoms. The average molecular weight is 248 g/mol. The van der Waals surface area contributed by atoms with E-state index >= 15 is 0 Å². The monoisotopic (exact) mass is 248 g/mol. The number of hydrogen-bond donors (Lipinski definition) is 0. The lowest BCUT2D eigenvalue weighted by atomic mass is 10.1. The van der Waals surface area contributed by atoms with E-state index in [0.717, 1.165) is 49.9 Å². The number of ether oxygens (including phenoxy) is 2. The van der Waals surface area contributed by atoms with Gasteiger partial charge in [0.05, 0.1) is 13.2 Å². The van der Waals surface area contributed by atoms with Gasteiger partial charge in [-0.1, -0.05) is 19.9 Å². The van der Waals surface area contributed by atoms with Gasteiger partial charge in [-0.3, -0.25) is 0 Å². The minimum atomic E-state index is 0.754. The van der Waals surface area contributed by atoms with Crippen molar-refractivity contribution >= 4 is 0 Å². The lowest BCUT2D eigenvalue weighted by Crippen LogP contribution is -2.01. The smallest absolute Gasteiger partial charge is 0.126 e. The number of fused-ring (bicyclic) bond motifs is 1. The molecule has 1 aliphatic rings. The van der Waals surface area contributed by atoms with Gasteiger partial charge in [0.15, 0.2) is 0 Å². The van der Waals surface area contributed by atoms with Crippen LogP contribution in [-0.2, 0) is 6.42 Å². The molecule has 0 N–H and O–H groups in total. The molecule has 1 aliphatic heterocycles. The van der Waals surface area contributed by atoms with Gasteiger partial charge in [-0.25, -0.2) is 0 Å². The van der Waals surface area contributed by atoms with Crippen LogP contribution in [0.5, 0.6) is 11.5 Å². The maximum atomic E-state index is 5.78. The summed E-state index contributed by atoms with van der Waals surface area (Å²) in [5, 5.41) is 0. The Morgan fingerprint density at radius 3 is 3.00 bits per heavy atom. The number of benzene rings is 1. The van der Waals surface area contributed by atoms with Crippen LogP contribution in [0, 0.1) is 5.92 Å². The van der Waals surface area contributed by atoms with Gasteiger partial charge in [0.2, 0.25) is 0 Å². The molecule has 0 amide bonds. The predicted molar refractivity (Wildman–Crippen MR) is 74.4 cm³/mol. The minimum Gasteiger partial charge on any atom is -0.493 e. The maximum Gasteiger partial charge on any atom is 0.126 e. The molecule has 0 bridgehead atoms. The van der Waals surface area contributed by atoms with E-state index in [0.29, 0.717) is 0 Å². The summed E-state index contributed by atoms with van der Waals surface area (Å²) in [4.78, 5) is 0. The molecule has 0 fully saturated rings. The van der Waals surface area contributed by atoms with E-state index in [1.54, 1.807) is 0 Å². The highest BCUT2D eigenvalue weighted by molar-refractivity contribution is 5.41. The van der Waals surface area contributed by atoms with Crippen molar-refractivity contribution in [3.63, 3.8) is 0 Å². The Bertz CT molecular complexity index is 371. The van der Waals surface area contributed by atoms with Crippen molar-refractivity contribution in [1.29, 1.82) is 0 Å². The van der Waals surface area contributed by atoms with E-state index < -0.39 is 0 Å². The molecule has 1 aromatic carbocycles. The summed E-state index contributed by atoms with van der Waals surface area (Å²) in [5.74, 6) is 2.72. The van der Waals surface area contributed by atoms with Crippen LogP contribution in [0.3, 0.4) is 0 Å². The van der Waals surface area contributed by atoms with Gasteiger partial charge in [-0.05, 0) is 49.7 Å². The lowest BCUT2D eigenvalue weighted by Gasteiger charge is -2.11. The first-order valence-corrected chi connectivity index (χ1v) is 7.14. The van der Waals surface area contributed by atoms with Gasteiger partial charge >= 0.3 is 0 Å². The maximum absolute atomic E-state index is 5.78. The van der Waals surface area contributed by atoms with Crippen LogP contribution >= 0.6 is 0 Å². The molecule has 0 atom stereocenters. The summed E-state index contributed by atoms with van der Waals surface area (Å²) in [6, 6.07) is 6.28. The van der Waals surface area contributed by atoms with Gasteiger partial charge in [-0.2, -0.15) is 0 Å². The molecule has 2 nitrogen and oxygen atoms in total. The molecule has 0 unspecified atom stereocenters. The van der Waals surface area contributed by atoms with E-state index in [1.807, 2.05) is 0 Å². The number of aryl methyl sites for hydroxylation is 1. The molecule has 0 aromatic heterocycles. The number of rotatable bonds is 5. The topological polar surface area (TPSA) is 18.5 Å². The summed E-state index contributed by atoms with van der Waals surface area (Å²) >= 11 is 0. The molecule has 0 spiro atoms. The van der Waals surface area contributed by atoms with E-state index in [4.69, 9.17) is 9.47 Å². The Balaban J connectivity index is 1.88. The molecule has 0 saturated carbocycles. The van der Waals surface area contributed by atoms with Crippen molar-refractivity contribution in [3.05, 3.63) is 23.8 Å². The molecule has 2 rings (SSSR count). The molecule has 0 saturated heterocycles. The van der Waals surface area contributed by atoms with Crippen LogP contribution in [0.15, 0.2) is 18.2 Å². The Labute approximate surface area is 110 Å². The first-order valence-electron chi connectivity index (χ1n) is 7.14. The van der Waals surface area contributed by atoms with Crippen molar-refractivity contribution in [2.24, 2.45) is 5.92 Å². The summed E-state index contributed by atoms with van der Waals surface area (Å²) in [6.07, 6.45) is 5.85. The molecular formula is C16H24O2. The highest BCUT2D eigenvalue weighted by atomic mass is 16.5. The van der Waals surface area contributed by atoms with Crippen molar-refractivity contribution in [3.8, 4) is 11.5 Å². The zero-order valence-electron chi connectivity index (χ0n) is 11.6. The standard InChI is InChI=1S/C16H24O2/c1-13(2)6-5-11-17-15-9-8-14-7-3-4-10-18-16(14)12-15/h8-9,12-13H,3-7,10-11H2,1-2H3. The third-order valence-corrected chi connectivity index (χ3v) is 3.33. The Kier molecular flexibility index (Phi) is 4.91. The van der Waals surface area contributed by atoms with E-state index in [2.05, 4.69) is 32.0 Å². The van der Waals surface area contributed by atoms with Gasteiger partial charge in [0, 0.05) is 6.07 Å². The molecule has 100 valence electrons. The first-order chi connectivity index (χ1) is 8.75. The third-order valence-electron chi connectivity index (χ3n) is 3.33. The molecule has 1 heterocycles. The zero-order chi connectivity index (χ0) is 12.8. The fourth-order valence-electron chi connectivity index (χ4n) is 2.25. The molecule has 18 heavy (non-hydrogen) atoms. The van der Waals surface area contributed by atoms with Crippen LogP contribution in [0.1, 0.15) is 45.1 Å². The lowest BCUT2D eigenvalue weighted by molar-refractivity contribution is 0.290.